The number of hydrogen-bond donors (Lipinski definition) is 1. The summed E-state index contributed by atoms with van der Waals surface area (Å²) in [6.07, 6.45) is 0. The van der Waals surface area contributed by atoms with Crippen LogP contribution in [-0.2, 0) is 10.3 Å². The van der Waals surface area contributed by atoms with Crippen molar-refractivity contribution in [2.24, 2.45) is 0 Å². The van der Waals surface area contributed by atoms with Crippen LogP contribution in [0.25, 0.3) is 0 Å². The summed E-state index contributed by atoms with van der Waals surface area (Å²) in [4.78, 5) is 9.00. The van der Waals surface area contributed by atoms with Gasteiger partial charge < -0.3 is 10.6 Å². The van der Waals surface area contributed by atoms with Gasteiger partial charge in [-0.05, 0) is 0 Å². The molecule has 0 saturated heterocycles. The van der Waals surface area contributed by atoms with E-state index in [0.29, 0.717) is 0 Å². The summed E-state index contributed by atoms with van der Waals surface area (Å²) in [5.74, 6) is -0.833. The van der Waals surface area contributed by atoms with E-state index in [1.807, 2.05) is 0 Å². The minimum Gasteiger partial charge on any atom is -2.00 e. The second-order valence-corrected chi connectivity index (χ2v) is 0.519. The van der Waals surface area contributed by atoms with Crippen molar-refractivity contribution in [3.05, 3.63) is 0 Å². The molecule has 0 aliphatic rings. The quantitative estimate of drug-likeness (QED) is 0.301. The number of carbonyl (C=O) groups is 1. The Balaban J connectivity index is -0.0000000150. The van der Waals surface area contributed by atoms with Gasteiger partial charge in [-0.2, -0.15) is 0 Å². The molecule has 0 aromatic carbocycles. The fraction of sp³-hybridized carbons (Fsp3) is 0.500. The van der Waals surface area contributed by atoms with E-state index < -0.39 is 5.97 Å². The SMILES string of the molecule is CC(=O)O.[Li+].[Li+].[O-2]. The van der Waals surface area contributed by atoms with Gasteiger partial charge in [0.1, 0.15) is 0 Å². The van der Waals surface area contributed by atoms with Crippen LogP contribution >= 0.6 is 0 Å². The van der Waals surface area contributed by atoms with Crippen molar-refractivity contribution in [2.75, 3.05) is 0 Å². The maximum Gasteiger partial charge on any atom is 1.00 e. The molecular weight excluding hydrogens is 85.9 g/mol. The molecule has 0 aliphatic carbocycles. The van der Waals surface area contributed by atoms with E-state index in [2.05, 4.69) is 0 Å². The third-order valence-corrected chi connectivity index (χ3v) is 0. The zero-order chi connectivity index (χ0) is 3.58. The van der Waals surface area contributed by atoms with Crippen molar-refractivity contribution in [1.29, 1.82) is 0 Å². The van der Waals surface area contributed by atoms with E-state index in [1.165, 1.54) is 0 Å². The Labute approximate surface area is 66.1 Å². The van der Waals surface area contributed by atoms with E-state index in [9.17, 15) is 0 Å². The van der Waals surface area contributed by atoms with Crippen molar-refractivity contribution in [1.82, 2.24) is 0 Å². The van der Waals surface area contributed by atoms with E-state index in [4.69, 9.17) is 9.90 Å². The molecule has 0 bridgehead atoms. The molecule has 0 fully saturated rings. The molecule has 5 heteroatoms. The first-order chi connectivity index (χ1) is 1.73. The third kappa shape index (κ3) is 363. The second-order valence-electron chi connectivity index (χ2n) is 0.519. The second kappa shape index (κ2) is 16.0. The third-order valence-electron chi connectivity index (χ3n) is 0. The molecule has 0 spiro atoms. The molecule has 0 amide bonds. The summed E-state index contributed by atoms with van der Waals surface area (Å²) < 4.78 is 0. The van der Waals surface area contributed by atoms with Crippen molar-refractivity contribution >= 4 is 5.97 Å². The van der Waals surface area contributed by atoms with E-state index in [1.54, 1.807) is 0 Å². The topological polar surface area (TPSA) is 65.8 Å². The maximum absolute atomic E-state index is 9.00. The molecule has 0 heterocycles. The molecule has 7 heavy (non-hydrogen) atoms. The molecule has 0 aliphatic heterocycles. The zero-order valence-electron chi connectivity index (χ0n) is 4.76. The standard InChI is InChI=1S/C2H4O2.2Li.O/c1-2(3)4;;;/h1H3,(H,3,4);;;/q;2*+1;-2. The van der Waals surface area contributed by atoms with E-state index >= 15 is 0 Å². The Morgan fingerprint density at radius 1 is 1.43 bits per heavy atom. The van der Waals surface area contributed by atoms with Crippen LogP contribution in [0.2, 0.25) is 0 Å². The Morgan fingerprint density at radius 2 is 1.43 bits per heavy atom. The van der Waals surface area contributed by atoms with Crippen molar-refractivity contribution in [3.63, 3.8) is 0 Å². The smallest absolute Gasteiger partial charge is 1.00 e. The average Bonchev–Trinajstić information content (AvgIpc) is 0.811. The molecule has 0 radical (unpaired) electrons. The predicted octanol–water partition coefficient (Wildman–Crippen LogP) is -6.02. The van der Waals surface area contributed by atoms with Crippen LogP contribution in [0.4, 0.5) is 0 Å². The van der Waals surface area contributed by atoms with Gasteiger partial charge >= 0.3 is 37.7 Å². The molecule has 32 valence electrons. The fourth-order valence-electron chi connectivity index (χ4n) is 0. The number of carboxylic acids is 1. The molecule has 3 nitrogen and oxygen atoms in total. The van der Waals surface area contributed by atoms with Gasteiger partial charge in [0.05, 0.1) is 0 Å². The molecule has 0 aromatic rings. The minimum atomic E-state index is -0.833. The maximum atomic E-state index is 9.00. The van der Waals surface area contributed by atoms with Crippen molar-refractivity contribution in [3.8, 4) is 0 Å². The van der Waals surface area contributed by atoms with Crippen LogP contribution in [0, 0.1) is 0 Å². The summed E-state index contributed by atoms with van der Waals surface area (Å²) in [5, 5.41) is 7.42. The van der Waals surface area contributed by atoms with E-state index in [-0.39, 0.29) is 43.2 Å². The summed E-state index contributed by atoms with van der Waals surface area (Å²) in [7, 11) is 0. The molecular formula is C2H4Li2O3. The first-order valence-electron chi connectivity index (χ1n) is 0.928. The van der Waals surface area contributed by atoms with Gasteiger partial charge in [-0.1, -0.05) is 0 Å². The van der Waals surface area contributed by atoms with E-state index in [0.717, 1.165) is 6.92 Å². The number of hydrogen-bond acceptors (Lipinski definition) is 1. The van der Waals surface area contributed by atoms with Gasteiger partial charge in [0, 0.05) is 6.92 Å². The Morgan fingerprint density at radius 3 is 1.43 bits per heavy atom. The molecule has 0 atom stereocenters. The molecule has 0 saturated carbocycles. The molecule has 0 aromatic heterocycles. The van der Waals surface area contributed by atoms with Crippen LogP contribution in [0.15, 0.2) is 0 Å². The molecule has 1 N–H and O–H groups in total. The number of carboxylic acid groups (broad SMARTS) is 1. The normalized spacial score (nSPS) is 3.57. The van der Waals surface area contributed by atoms with Crippen molar-refractivity contribution < 1.29 is 53.1 Å². The van der Waals surface area contributed by atoms with Crippen LogP contribution in [0.5, 0.6) is 0 Å². The van der Waals surface area contributed by atoms with Gasteiger partial charge in [-0.3, -0.25) is 4.79 Å². The number of aliphatic carboxylic acids is 1. The number of rotatable bonds is 0. The zero-order valence-corrected chi connectivity index (χ0v) is 4.76. The summed E-state index contributed by atoms with van der Waals surface area (Å²) in [6, 6.07) is 0. The Bertz CT molecular complexity index is 33.9. The Hall–Kier alpha value is 0.625. The monoisotopic (exact) mass is 90.0 g/mol. The van der Waals surface area contributed by atoms with Crippen molar-refractivity contribution in [2.45, 2.75) is 6.92 Å². The average molecular weight is 89.9 g/mol. The van der Waals surface area contributed by atoms with Gasteiger partial charge in [0.15, 0.2) is 0 Å². The van der Waals surface area contributed by atoms with Crippen LogP contribution < -0.4 is 37.7 Å². The fourth-order valence-corrected chi connectivity index (χ4v) is 0. The molecule has 0 rings (SSSR count). The largest absolute Gasteiger partial charge is 2.00 e. The molecule has 0 unspecified atom stereocenters. The summed E-state index contributed by atoms with van der Waals surface area (Å²) in [5.41, 5.74) is 0. The summed E-state index contributed by atoms with van der Waals surface area (Å²) >= 11 is 0. The van der Waals surface area contributed by atoms with Gasteiger partial charge in [-0.15, -0.1) is 0 Å². The summed E-state index contributed by atoms with van der Waals surface area (Å²) in [6.45, 7) is 1.08. The first kappa shape index (κ1) is 25.5. The Kier molecular flexibility index (Phi) is 58.0. The van der Waals surface area contributed by atoms with Crippen LogP contribution in [0.3, 0.4) is 0 Å². The minimum absolute atomic E-state index is 0. The predicted molar refractivity (Wildman–Crippen MR) is 14.0 cm³/mol. The van der Waals surface area contributed by atoms with Crippen LogP contribution in [-0.4, -0.2) is 11.1 Å². The van der Waals surface area contributed by atoms with Crippen LogP contribution in [0.1, 0.15) is 6.92 Å². The first-order valence-corrected chi connectivity index (χ1v) is 0.928. The van der Waals surface area contributed by atoms with Gasteiger partial charge in [0.2, 0.25) is 0 Å². The van der Waals surface area contributed by atoms with Gasteiger partial charge in [0.25, 0.3) is 5.97 Å². The van der Waals surface area contributed by atoms with Gasteiger partial charge in [-0.25, -0.2) is 0 Å².